The van der Waals surface area contributed by atoms with Gasteiger partial charge in [-0.3, -0.25) is 4.79 Å². The van der Waals surface area contributed by atoms with Gasteiger partial charge in [0, 0.05) is 7.11 Å². The molecule has 0 bridgehead atoms. The Morgan fingerprint density at radius 1 is 1.45 bits per heavy atom. The molecule has 1 aromatic rings. The first kappa shape index (κ1) is 16.3. The maximum absolute atomic E-state index is 12.7. The number of methoxy groups -OCH3 is 2. The third-order valence-electron chi connectivity index (χ3n) is 4.36. The van der Waals surface area contributed by atoms with E-state index in [1.54, 1.807) is 25.3 Å². The smallest absolute Gasteiger partial charge is 0.256 e. The van der Waals surface area contributed by atoms with Gasteiger partial charge in [-0.1, -0.05) is 13.3 Å². The molecule has 0 saturated heterocycles. The van der Waals surface area contributed by atoms with Crippen LogP contribution in [0.3, 0.4) is 0 Å². The van der Waals surface area contributed by atoms with Gasteiger partial charge in [0.15, 0.2) is 0 Å². The van der Waals surface area contributed by atoms with Crippen LogP contribution in [0.25, 0.3) is 0 Å². The van der Waals surface area contributed by atoms with E-state index >= 15 is 0 Å². The number of carbonyl (C=O) groups is 1. The molecule has 0 unspecified atom stereocenters. The Labute approximate surface area is 131 Å². The van der Waals surface area contributed by atoms with E-state index in [0.29, 0.717) is 35.8 Å². The van der Waals surface area contributed by atoms with E-state index in [0.717, 1.165) is 12.8 Å². The highest BCUT2D eigenvalue weighted by atomic mass is 16.5. The van der Waals surface area contributed by atoms with E-state index in [1.807, 2.05) is 0 Å². The van der Waals surface area contributed by atoms with Crippen molar-refractivity contribution >= 4 is 11.6 Å². The molecule has 118 valence electrons. The van der Waals surface area contributed by atoms with Crippen molar-refractivity contribution in [1.29, 1.82) is 5.26 Å². The first-order chi connectivity index (χ1) is 10.5. The molecule has 2 rings (SSSR count). The second kappa shape index (κ2) is 6.80. The zero-order chi connectivity index (χ0) is 16.2. The van der Waals surface area contributed by atoms with Gasteiger partial charge in [0.25, 0.3) is 5.91 Å². The quantitative estimate of drug-likeness (QED) is 0.927. The maximum Gasteiger partial charge on any atom is 0.256 e. The van der Waals surface area contributed by atoms with E-state index in [-0.39, 0.29) is 5.91 Å². The normalized spacial score (nSPS) is 24.4. The predicted molar refractivity (Wildman–Crippen MR) is 83.7 cm³/mol. The SMILES string of the molecule is COc1ccc(NC(=O)[C@]2(OC)CCC[C@H](C)C2)c(C#N)c1. The Morgan fingerprint density at radius 3 is 2.82 bits per heavy atom. The molecule has 1 saturated carbocycles. The summed E-state index contributed by atoms with van der Waals surface area (Å²) in [5, 5.41) is 12.1. The number of benzene rings is 1. The minimum Gasteiger partial charge on any atom is -0.497 e. The monoisotopic (exact) mass is 302 g/mol. The van der Waals surface area contributed by atoms with Crippen molar-refractivity contribution in [1.82, 2.24) is 0 Å². The van der Waals surface area contributed by atoms with E-state index in [2.05, 4.69) is 18.3 Å². The Kier molecular flexibility index (Phi) is 5.04. The summed E-state index contributed by atoms with van der Waals surface area (Å²) in [5.74, 6) is 0.858. The summed E-state index contributed by atoms with van der Waals surface area (Å²) in [5.41, 5.74) is 0.0652. The van der Waals surface area contributed by atoms with Gasteiger partial charge in [0.05, 0.1) is 18.4 Å². The zero-order valence-electron chi connectivity index (χ0n) is 13.3. The van der Waals surface area contributed by atoms with E-state index in [1.165, 1.54) is 7.11 Å². The van der Waals surface area contributed by atoms with E-state index in [9.17, 15) is 10.1 Å². The molecule has 0 heterocycles. The van der Waals surface area contributed by atoms with Gasteiger partial charge >= 0.3 is 0 Å². The molecule has 1 amide bonds. The lowest BCUT2D eigenvalue weighted by Crippen LogP contribution is -2.48. The van der Waals surface area contributed by atoms with Gasteiger partial charge in [0.2, 0.25) is 0 Å². The van der Waals surface area contributed by atoms with Crippen molar-refractivity contribution in [3.05, 3.63) is 23.8 Å². The van der Waals surface area contributed by atoms with Gasteiger partial charge in [-0.15, -0.1) is 0 Å². The highest BCUT2D eigenvalue weighted by Gasteiger charge is 2.42. The van der Waals surface area contributed by atoms with Crippen LogP contribution in [0.2, 0.25) is 0 Å². The Bertz CT molecular complexity index is 594. The van der Waals surface area contributed by atoms with Gasteiger partial charge in [0.1, 0.15) is 17.4 Å². The number of nitrogens with one attached hydrogen (secondary N) is 1. The van der Waals surface area contributed by atoms with Crippen molar-refractivity contribution in [2.24, 2.45) is 5.92 Å². The molecular weight excluding hydrogens is 280 g/mol. The lowest BCUT2D eigenvalue weighted by Gasteiger charge is -2.37. The van der Waals surface area contributed by atoms with Crippen LogP contribution in [0.15, 0.2) is 18.2 Å². The lowest BCUT2D eigenvalue weighted by atomic mass is 9.78. The fraction of sp³-hybridized carbons (Fsp3) is 0.529. The molecule has 1 aliphatic rings. The highest BCUT2D eigenvalue weighted by Crippen LogP contribution is 2.36. The number of hydrogen-bond acceptors (Lipinski definition) is 4. The minimum atomic E-state index is -0.801. The van der Waals surface area contributed by atoms with Crippen LogP contribution < -0.4 is 10.1 Å². The second-order valence-corrected chi connectivity index (χ2v) is 5.88. The van der Waals surface area contributed by atoms with Gasteiger partial charge < -0.3 is 14.8 Å². The van der Waals surface area contributed by atoms with Gasteiger partial charge in [-0.25, -0.2) is 0 Å². The highest BCUT2D eigenvalue weighted by molar-refractivity contribution is 5.98. The number of rotatable bonds is 4. The molecular formula is C17H22N2O3. The third kappa shape index (κ3) is 3.23. The summed E-state index contributed by atoms with van der Waals surface area (Å²) in [6.45, 7) is 2.13. The van der Waals surface area contributed by atoms with Crippen molar-refractivity contribution in [2.45, 2.75) is 38.2 Å². The molecule has 1 aliphatic carbocycles. The molecule has 0 radical (unpaired) electrons. The van der Waals surface area contributed by atoms with Gasteiger partial charge in [-0.2, -0.15) is 5.26 Å². The van der Waals surface area contributed by atoms with Crippen molar-refractivity contribution in [3.63, 3.8) is 0 Å². The molecule has 5 heteroatoms. The van der Waals surface area contributed by atoms with Gasteiger partial charge in [-0.05, 0) is 43.4 Å². The molecule has 2 atom stereocenters. The summed E-state index contributed by atoms with van der Waals surface area (Å²) in [4.78, 5) is 12.7. The van der Waals surface area contributed by atoms with E-state index < -0.39 is 5.60 Å². The van der Waals surface area contributed by atoms with Crippen molar-refractivity contribution in [3.8, 4) is 11.8 Å². The number of nitriles is 1. The fourth-order valence-electron chi connectivity index (χ4n) is 3.08. The fourth-order valence-corrected chi connectivity index (χ4v) is 3.08. The lowest BCUT2D eigenvalue weighted by molar-refractivity contribution is -0.143. The Morgan fingerprint density at radius 2 is 2.23 bits per heavy atom. The standard InChI is InChI=1S/C17H22N2O3/c1-12-5-4-8-17(10-12,22-3)16(20)19-15-7-6-14(21-2)9-13(15)11-18/h6-7,9,12H,4-5,8,10H2,1-3H3,(H,19,20)/t12-,17-/m0/s1. The van der Waals surface area contributed by atoms with Crippen LogP contribution in [0.4, 0.5) is 5.69 Å². The third-order valence-corrected chi connectivity index (χ3v) is 4.36. The number of carbonyl (C=O) groups excluding carboxylic acids is 1. The summed E-state index contributed by atoms with van der Waals surface area (Å²) in [6.07, 6.45) is 3.49. The predicted octanol–water partition coefficient (Wildman–Crippen LogP) is 3.10. The van der Waals surface area contributed by atoms with Crippen molar-refractivity contribution < 1.29 is 14.3 Å². The summed E-state index contributed by atoms with van der Waals surface area (Å²) < 4.78 is 10.7. The van der Waals surface area contributed by atoms with Crippen LogP contribution in [-0.4, -0.2) is 25.7 Å². The Hall–Kier alpha value is -2.06. The number of anilines is 1. The van der Waals surface area contributed by atoms with Crippen LogP contribution in [0, 0.1) is 17.2 Å². The first-order valence-electron chi connectivity index (χ1n) is 7.49. The average molecular weight is 302 g/mol. The first-order valence-corrected chi connectivity index (χ1v) is 7.49. The number of nitrogens with zero attached hydrogens (tertiary/aromatic N) is 1. The molecule has 22 heavy (non-hydrogen) atoms. The van der Waals surface area contributed by atoms with Crippen molar-refractivity contribution in [2.75, 3.05) is 19.5 Å². The molecule has 0 aliphatic heterocycles. The minimum absolute atomic E-state index is 0.178. The molecule has 1 fully saturated rings. The van der Waals surface area contributed by atoms with Crippen LogP contribution >= 0.6 is 0 Å². The second-order valence-electron chi connectivity index (χ2n) is 5.88. The van der Waals surface area contributed by atoms with E-state index in [4.69, 9.17) is 9.47 Å². The summed E-state index contributed by atoms with van der Waals surface area (Å²) >= 11 is 0. The maximum atomic E-state index is 12.7. The van der Waals surface area contributed by atoms with Crippen LogP contribution in [0.5, 0.6) is 5.75 Å². The summed E-state index contributed by atoms with van der Waals surface area (Å²) in [6, 6.07) is 7.10. The number of ether oxygens (including phenoxy) is 2. The molecule has 0 spiro atoms. The molecule has 1 aromatic carbocycles. The van der Waals surface area contributed by atoms with Crippen LogP contribution in [-0.2, 0) is 9.53 Å². The average Bonchev–Trinajstić information content (AvgIpc) is 2.54. The summed E-state index contributed by atoms with van der Waals surface area (Å²) in [7, 11) is 3.12. The number of hydrogen-bond donors (Lipinski definition) is 1. The Balaban J connectivity index is 2.22. The number of amides is 1. The zero-order valence-corrected chi connectivity index (χ0v) is 13.3. The molecule has 0 aromatic heterocycles. The largest absolute Gasteiger partial charge is 0.497 e. The van der Waals surface area contributed by atoms with Crippen LogP contribution in [0.1, 0.15) is 38.2 Å². The molecule has 5 nitrogen and oxygen atoms in total. The topological polar surface area (TPSA) is 71.3 Å². The molecule has 1 N–H and O–H groups in total.